The summed E-state index contributed by atoms with van der Waals surface area (Å²) in [5, 5.41) is 12.9. The molecule has 0 atom stereocenters. The van der Waals surface area contributed by atoms with E-state index in [1.54, 1.807) is 0 Å². The fourth-order valence-electron chi connectivity index (χ4n) is 2.65. The van der Waals surface area contributed by atoms with Crippen LogP contribution in [0.4, 0.5) is 5.69 Å². The van der Waals surface area contributed by atoms with Crippen molar-refractivity contribution in [2.75, 3.05) is 25.0 Å². The summed E-state index contributed by atoms with van der Waals surface area (Å²) >= 11 is 0. The lowest BCUT2D eigenvalue weighted by atomic mass is 9.89. The predicted octanol–water partition coefficient (Wildman–Crippen LogP) is 1.78. The topological polar surface area (TPSA) is 52.6 Å². The predicted molar refractivity (Wildman–Crippen MR) is 76.1 cm³/mol. The van der Waals surface area contributed by atoms with Gasteiger partial charge in [-0.2, -0.15) is 0 Å². The molecule has 2 N–H and O–H groups in total. The Morgan fingerprint density at radius 3 is 2.84 bits per heavy atom. The summed E-state index contributed by atoms with van der Waals surface area (Å²) in [6.07, 6.45) is 1.78. The zero-order valence-electron chi connectivity index (χ0n) is 11.6. The van der Waals surface area contributed by atoms with Gasteiger partial charge in [0.15, 0.2) is 0 Å². The number of carbonyl (C=O) groups excluding carboxylic acids is 1. The quantitative estimate of drug-likeness (QED) is 0.850. The maximum absolute atomic E-state index is 11.9. The molecular weight excluding hydrogens is 240 g/mol. The molecule has 0 radical (unpaired) electrons. The van der Waals surface area contributed by atoms with Gasteiger partial charge in [0.2, 0.25) is 5.91 Å². The number of hydrogen-bond acceptors (Lipinski definition) is 3. The SMILES string of the molecule is CCCC1(O)CN(CC(=O)Nc2cccc(C)c2)C1. The highest BCUT2D eigenvalue weighted by atomic mass is 16.3. The van der Waals surface area contributed by atoms with Gasteiger partial charge in [-0.25, -0.2) is 0 Å². The van der Waals surface area contributed by atoms with E-state index in [4.69, 9.17) is 0 Å². The first kappa shape index (κ1) is 14.0. The van der Waals surface area contributed by atoms with Crippen LogP contribution >= 0.6 is 0 Å². The Hall–Kier alpha value is -1.39. The first-order valence-electron chi connectivity index (χ1n) is 6.82. The zero-order chi connectivity index (χ0) is 13.9. The summed E-state index contributed by atoms with van der Waals surface area (Å²) in [6, 6.07) is 7.75. The number of benzene rings is 1. The van der Waals surface area contributed by atoms with Gasteiger partial charge >= 0.3 is 0 Å². The molecule has 0 saturated carbocycles. The monoisotopic (exact) mass is 262 g/mol. The van der Waals surface area contributed by atoms with E-state index in [0.717, 1.165) is 24.1 Å². The Labute approximate surface area is 114 Å². The fourth-order valence-corrected chi connectivity index (χ4v) is 2.65. The molecule has 1 amide bonds. The van der Waals surface area contributed by atoms with E-state index in [-0.39, 0.29) is 5.91 Å². The van der Waals surface area contributed by atoms with Gasteiger partial charge in [-0.05, 0) is 31.0 Å². The van der Waals surface area contributed by atoms with Crippen LogP contribution in [0.3, 0.4) is 0 Å². The van der Waals surface area contributed by atoms with Crippen LogP contribution < -0.4 is 5.32 Å². The maximum atomic E-state index is 11.9. The van der Waals surface area contributed by atoms with E-state index in [0.29, 0.717) is 19.6 Å². The maximum Gasteiger partial charge on any atom is 0.238 e. The van der Waals surface area contributed by atoms with Crippen LogP contribution in [-0.4, -0.2) is 41.1 Å². The molecule has 0 aliphatic carbocycles. The molecule has 104 valence electrons. The molecule has 1 saturated heterocycles. The van der Waals surface area contributed by atoms with Crippen molar-refractivity contribution in [2.24, 2.45) is 0 Å². The summed E-state index contributed by atoms with van der Waals surface area (Å²) in [7, 11) is 0. The number of nitrogens with one attached hydrogen (secondary N) is 1. The molecule has 4 nitrogen and oxygen atoms in total. The van der Waals surface area contributed by atoms with Crippen molar-refractivity contribution in [3.8, 4) is 0 Å². The minimum atomic E-state index is -0.571. The highest BCUT2D eigenvalue weighted by Gasteiger charge is 2.40. The van der Waals surface area contributed by atoms with Crippen molar-refractivity contribution in [1.82, 2.24) is 4.90 Å². The lowest BCUT2D eigenvalue weighted by Gasteiger charge is -2.46. The molecule has 19 heavy (non-hydrogen) atoms. The van der Waals surface area contributed by atoms with Crippen LogP contribution in [0.25, 0.3) is 0 Å². The molecule has 2 rings (SSSR count). The van der Waals surface area contributed by atoms with Gasteiger partial charge in [0.1, 0.15) is 0 Å². The third-order valence-corrected chi connectivity index (χ3v) is 3.42. The molecule has 0 bridgehead atoms. The summed E-state index contributed by atoms with van der Waals surface area (Å²) in [4.78, 5) is 13.8. The van der Waals surface area contributed by atoms with Gasteiger partial charge in [-0.3, -0.25) is 9.69 Å². The molecule has 1 aliphatic heterocycles. The second-order valence-electron chi connectivity index (χ2n) is 5.54. The Morgan fingerprint density at radius 1 is 1.47 bits per heavy atom. The number of hydrogen-bond donors (Lipinski definition) is 2. The van der Waals surface area contributed by atoms with E-state index >= 15 is 0 Å². The first-order chi connectivity index (χ1) is 9.00. The van der Waals surface area contributed by atoms with E-state index in [2.05, 4.69) is 12.2 Å². The van der Waals surface area contributed by atoms with Crippen molar-refractivity contribution in [3.05, 3.63) is 29.8 Å². The highest BCUT2D eigenvalue weighted by molar-refractivity contribution is 5.92. The van der Waals surface area contributed by atoms with Crippen LogP contribution in [0.2, 0.25) is 0 Å². The van der Waals surface area contributed by atoms with Crippen molar-refractivity contribution in [2.45, 2.75) is 32.3 Å². The number of aryl methyl sites for hydroxylation is 1. The molecule has 1 aromatic rings. The molecule has 0 unspecified atom stereocenters. The Bertz CT molecular complexity index is 453. The van der Waals surface area contributed by atoms with E-state index in [1.807, 2.05) is 36.1 Å². The first-order valence-corrected chi connectivity index (χ1v) is 6.82. The van der Waals surface area contributed by atoms with Gasteiger partial charge in [-0.1, -0.05) is 25.5 Å². The Morgan fingerprint density at radius 2 is 2.21 bits per heavy atom. The standard InChI is InChI=1S/C15H22N2O2/c1-3-7-15(19)10-17(11-15)9-14(18)16-13-6-4-5-12(2)8-13/h4-6,8,19H,3,7,9-11H2,1-2H3,(H,16,18). The third kappa shape index (κ3) is 3.78. The summed E-state index contributed by atoms with van der Waals surface area (Å²) < 4.78 is 0. The smallest absolute Gasteiger partial charge is 0.238 e. The number of amides is 1. The minimum Gasteiger partial charge on any atom is -0.387 e. The van der Waals surface area contributed by atoms with Crippen molar-refractivity contribution in [1.29, 1.82) is 0 Å². The van der Waals surface area contributed by atoms with Crippen LogP contribution in [0.1, 0.15) is 25.3 Å². The molecule has 4 heteroatoms. The van der Waals surface area contributed by atoms with Gasteiger partial charge < -0.3 is 10.4 Å². The van der Waals surface area contributed by atoms with Gasteiger partial charge in [0, 0.05) is 18.8 Å². The fraction of sp³-hybridized carbons (Fsp3) is 0.533. The number of anilines is 1. The second-order valence-corrected chi connectivity index (χ2v) is 5.54. The molecular formula is C15H22N2O2. The van der Waals surface area contributed by atoms with Crippen molar-refractivity contribution < 1.29 is 9.90 Å². The summed E-state index contributed by atoms with van der Waals surface area (Å²) in [5.41, 5.74) is 1.38. The lowest BCUT2D eigenvalue weighted by Crippen LogP contribution is -2.62. The van der Waals surface area contributed by atoms with E-state index in [1.165, 1.54) is 0 Å². The van der Waals surface area contributed by atoms with E-state index in [9.17, 15) is 9.90 Å². The molecule has 1 aliphatic rings. The lowest BCUT2D eigenvalue weighted by molar-refractivity contribution is -0.129. The van der Waals surface area contributed by atoms with Crippen molar-refractivity contribution in [3.63, 3.8) is 0 Å². The van der Waals surface area contributed by atoms with E-state index < -0.39 is 5.60 Å². The largest absolute Gasteiger partial charge is 0.387 e. The van der Waals surface area contributed by atoms with Crippen molar-refractivity contribution >= 4 is 11.6 Å². The number of aliphatic hydroxyl groups is 1. The average molecular weight is 262 g/mol. The minimum absolute atomic E-state index is 0.0239. The second kappa shape index (κ2) is 5.72. The van der Waals surface area contributed by atoms with Crippen LogP contribution in [-0.2, 0) is 4.79 Å². The molecule has 0 spiro atoms. The number of likely N-dealkylation sites (tertiary alicyclic amines) is 1. The number of nitrogens with zero attached hydrogens (tertiary/aromatic N) is 1. The zero-order valence-corrected chi connectivity index (χ0v) is 11.6. The molecule has 1 fully saturated rings. The average Bonchev–Trinajstić information content (AvgIpc) is 2.27. The van der Waals surface area contributed by atoms with Crippen LogP contribution in [0.5, 0.6) is 0 Å². The Kier molecular flexibility index (Phi) is 4.22. The summed E-state index contributed by atoms with van der Waals surface area (Å²) in [5.74, 6) is -0.0239. The molecule has 1 aromatic carbocycles. The Balaban J connectivity index is 1.77. The summed E-state index contributed by atoms with van der Waals surface area (Å²) in [6.45, 7) is 5.60. The van der Waals surface area contributed by atoms with Crippen LogP contribution in [0, 0.1) is 6.92 Å². The van der Waals surface area contributed by atoms with Gasteiger partial charge in [0.25, 0.3) is 0 Å². The van der Waals surface area contributed by atoms with Crippen LogP contribution in [0.15, 0.2) is 24.3 Å². The number of rotatable bonds is 5. The van der Waals surface area contributed by atoms with Gasteiger partial charge in [0.05, 0.1) is 12.1 Å². The van der Waals surface area contributed by atoms with Gasteiger partial charge in [-0.15, -0.1) is 0 Å². The molecule has 1 heterocycles. The third-order valence-electron chi connectivity index (χ3n) is 3.42. The molecule has 0 aromatic heterocycles. The normalized spacial score (nSPS) is 17.8. The number of β-amino-alcohol motifs (C(OH)–C–C–N with tert-alkyl or cyclic N) is 1. The highest BCUT2D eigenvalue weighted by Crippen LogP contribution is 2.25. The number of carbonyl (C=O) groups is 1.